The standard InChI is InChI=1S/C21H23ClN2O4/c1-15(20(25)23-19-8-6-18(22)7-9-19)28-21(26)17-4-2-16(3-5-17)14-24-10-12-27-13-11-24/h2-9,15H,10-14H2,1H3,(H,23,25)/p+1/t15-/m1/s1. The van der Waals surface area contributed by atoms with Crippen LogP contribution in [0.25, 0.3) is 0 Å². The maximum absolute atomic E-state index is 12.3. The highest BCUT2D eigenvalue weighted by molar-refractivity contribution is 6.30. The molecule has 1 atom stereocenters. The molecule has 2 aromatic carbocycles. The topological polar surface area (TPSA) is 69.1 Å². The Morgan fingerprint density at radius 2 is 1.75 bits per heavy atom. The number of esters is 1. The maximum Gasteiger partial charge on any atom is 0.338 e. The highest BCUT2D eigenvalue weighted by Crippen LogP contribution is 2.14. The first-order valence-electron chi connectivity index (χ1n) is 9.29. The van der Waals surface area contributed by atoms with Crippen LogP contribution in [0.4, 0.5) is 5.69 Å². The molecule has 0 spiro atoms. The number of halogens is 1. The average molecular weight is 404 g/mol. The van der Waals surface area contributed by atoms with Crippen LogP contribution in [0.3, 0.4) is 0 Å². The summed E-state index contributed by atoms with van der Waals surface area (Å²) in [6.45, 7) is 6.00. The van der Waals surface area contributed by atoms with Crippen LogP contribution in [-0.2, 0) is 20.8 Å². The zero-order chi connectivity index (χ0) is 19.9. The quantitative estimate of drug-likeness (QED) is 0.723. The van der Waals surface area contributed by atoms with Crippen molar-refractivity contribution in [2.45, 2.75) is 19.6 Å². The van der Waals surface area contributed by atoms with Gasteiger partial charge in [0.25, 0.3) is 5.91 Å². The summed E-state index contributed by atoms with van der Waals surface area (Å²) in [6.07, 6.45) is -0.916. The molecule has 0 saturated carbocycles. The van der Waals surface area contributed by atoms with Crippen LogP contribution in [0.5, 0.6) is 0 Å². The van der Waals surface area contributed by atoms with Crippen LogP contribution >= 0.6 is 11.6 Å². The Hall–Kier alpha value is -2.41. The van der Waals surface area contributed by atoms with Crippen LogP contribution in [0, 0.1) is 0 Å². The zero-order valence-electron chi connectivity index (χ0n) is 15.7. The smallest absolute Gasteiger partial charge is 0.338 e. The third-order valence-corrected chi connectivity index (χ3v) is 4.86. The lowest BCUT2D eigenvalue weighted by molar-refractivity contribution is -0.921. The summed E-state index contributed by atoms with van der Waals surface area (Å²) >= 11 is 5.82. The molecule has 2 aromatic rings. The third-order valence-electron chi connectivity index (χ3n) is 4.61. The van der Waals surface area contributed by atoms with Crippen molar-refractivity contribution in [2.75, 3.05) is 31.6 Å². The summed E-state index contributed by atoms with van der Waals surface area (Å²) in [4.78, 5) is 26.0. The molecule has 0 aliphatic carbocycles. The van der Waals surface area contributed by atoms with Crippen molar-refractivity contribution in [1.82, 2.24) is 0 Å². The van der Waals surface area contributed by atoms with E-state index in [1.54, 1.807) is 43.3 Å². The van der Waals surface area contributed by atoms with Crippen molar-refractivity contribution in [3.05, 3.63) is 64.7 Å². The fraction of sp³-hybridized carbons (Fsp3) is 0.333. The van der Waals surface area contributed by atoms with E-state index in [-0.39, 0.29) is 0 Å². The van der Waals surface area contributed by atoms with E-state index in [1.165, 1.54) is 4.90 Å². The summed E-state index contributed by atoms with van der Waals surface area (Å²) in [6, 6.07) is 14.0. The third kappa shape index (κ3) is 5.79. The van der Waals surface area contributed by atoms with Gasteiger partial charge in [-0.1, -0.05) is 23.7 Å². The monoisotopic (exact) mass is 403 g/mol. The average Bonchev–Trinajstić information content (AvgIpc) is 2.71. The second kappa shape index (κ2) is 9.68. The Labute approximate surface area is 169 Å². The van der Waals surface area contributed by atoms with Crippen LogP contribution in [-0.4, -0.2) is 44.3 Å². The van der Waals surface area contributed by atoms with Gasteiger partial charge < -0.3 is 19.7 Å². The molecule has 0 radical (unpaired) electrons. The highest BCUT2D eigenvalue weighted by Gasteiger charge is 2.20. The summed E-state index contributed by atoms with van der Waals surface area (Å²) in [7, 11) is 0. The fourth-order valence-electron chi connectivity index (χ4n) is 2.94. The van der Waals surface area contributed by atoms with Gasteiger partial charge in [-0.15, -0.1) is 0 Å². The zero-order valence-corrected chi connectivity index (χ0v) is 16.5. The van der Waals surface area contributed by atoms with Gasteiger partial charge in [0.2, 0.25) is 0 Å². The van der Waals surface area contributed by atoms with Gasteiger partial charge in [0.15, 0.2) is 6.10 Å². The lowest BCUT2D eigenvalue weighted by Crippen LogP contribution is -3.12. The Kier molecular flexibility index (Phi) is 7.03. The number of hydrogen-bond acceptors (Lipinski definition) is 4. The highest BCUT2D eigenvalue weighted by atomic mass is 35.5. The normalized spacial score (nSPS) is 15.6. The Morgan fingerprint density at radius 1 is 1.11 bits per heavy atom. The number of anilines is 1. The number of carbonyl (C=O) groups is 2. The summed E-state index contributed by atoms with van der Waals surface area (Å²) in [5, 5.41) is 3.27. The van der Waals surface area contributed by atoms with Gasteiger partial charge >= 0.3 is 5.97 Å². The SMILES string of the molecule is C[C@@H](OC(=O)c1ccc(C[NH+]2CCOCC2)cc1)C(=O)Nc1ccc(Cl)cc1. The Balaban J connectivity index is 1.51. The first-order valence-corrected chi connectivity index (χ1v) is 9.67. The number of nitrogens with one attached hydrogen (secondary N) is 2. The largest absolute Gasteiger partial charge is 0.449 e. The van der Waals surface area contributed by atoms with Crippen LogP contribution in [0.15, 0.2) is 48.5 Å². The molecule has 1 fully saturated rings. The van der Waals surface area contributed by atoms with Crippen LogP contribution in [0.1, 0.15) is 22.8 Å². The number of hydrogen-bond donors (Lipinski definition) is 2. The lowest BCUT2D eigenvalue weighted by Gasteiger charge is -2.23. The van der Waals surface area contributed by atoms with Crippen molar-refractivity contribution < 1.29 is 24.0 Å². The molecule has 2 N–H and O–H groups in total. The van der Waals surface area contributed by atoms with Gasteiger partial charge in [0, 0.05) is 16.3 Å². The van der Waals surface area contributed by atoms with Crippen molar-refractivity contribution in [3.8, 4) is 0 Å². The van der Waals surface area contributed by atoms with E-state index < -0.39 is 18.0 Å². The second-order valence-corrected chi connectivity index (χ2v) is 7.22. The van der Waals surface area contributed by atoms with Gasteiger partial charge in [-0.05, 0) is 43.3 Å². The first kappa shape index (κ1) is 20.3. The van der Waals surface area contributed by atoms with E-state index in [2.05, 4.69) is 5.32 Å². The van der Waals surface area contributed by atoms with Gasteiger partial charge in [0.1, 0.15) is 19.6 Å². The maximum atomic E-state index is 12.3. The fourth-order valence-corrected chi connectivity index (χ4v) is 3.07. The molecule has 1 amide bonds. The molecule has 1 saturated heterocycles. The van der Waals surface area contributed by atoms with Crippen molar-refractivity contribution >= 4 is 29.2 Å². The predicted octanol–water partition coefficient (Wildman–Crippen LogP) is 1.94. The summed E-state index contributed by atoms with van der Waals surface area (Å²) < 4.78 is 10.7. The molecule has 0 aromatic heterocycles. The molecule has 3 rings (SSSR count). The van der Waals surface area contributed by atoms with E-state index >= 15 is 0 Å². The molecule has 148 valence electrons. The molecule has 7 heteroatoms. The molecular formula is C21H24ClN2O4+. The van der Waals surface area contributed by atoms with Crippen molar-refractivity contribution in [2.24, 2.45) is 0 Å². The van der Waals surface area contributed by atoms with E-state index in [9.17, 15) is 9.59 Å². The van der Waals surface area contributed by atoms with Gasteiger partial charge in [0.05, 0.1) is 18.8 Å². The van der Waals surface area contributed by atoms with E-state index in [1.807, 2.05) is 12.1 Å². The molecule has 6 nitrogen and oxygen atoms in total. The number of amides is 1. The van der Waals surface area contributed by atoms with Crippen LogP contribution in [0.2, 0.25) is 5.02 Å². The second-order valence-electron chi connectivity index (χ2n) is 6.78. The molecule has 1 aliphatic heterocycles. The van der Waals surface area contributed by atoms with Gasteiger partial charge in [-0.2, -0.15) is 0 Å². The lowest BCUT2D eigenvalue weighted by atomic mass is 10.1. The molecular weight excluding hydrogens is 380 g/mol. The number of morpholine rings is 1. The van der Waals surface area contributed by atoms with E-state index in [0.29, 0.717) is 16.3 Å². The molecule has 1 aliphatic rings. The number of quaternary nitrogens is 1. The van der Waals surface area contributed by atoms with Crippen molar-refractivity contribution in [3.63, 3.8) is 0 Å². The summed E-state index contributed by atoms with van der Waals surface area (Å²) in [5.74, 6) is -0.924. The first-order chi connectivity index (χ1) is 13.5. The van der Waals surface area contributed by atoms with Crippen LogP contribution < -0.4 is 10.2 Å². The molecule has 0 unspecified atom stereocenters. The van der Waals surface area contributed by atoms with Gasteiger partial charge in [-0.25, -0.2) is 4.79 Å². The predicted molar refractivity (Wildman–Crippen MR) is 107 cm³/mol. The number of benzene rings is 2. The number of rotatable bonds is 6. The minimum absolute atomic E-state index is 0.400. The number of ether oxygens (including phenoxy) is 2. The van der Waals surface area contributed by atoms with E-state index in [4.69, 9.17) is 21.1 Å². The minimum Gasteiger partial charge on any atom is -0.449 e. The van der Waals surface area contributed by atoms with Crippen molar-refractivity contribution in [1.29, 1.82) is 0 Å². The Morgan fingerprint density at radius 3 is 2.39 bits per heavy atom. The molecule has 0 bridgehead atoms. The summed E-state index contributed by atoms with van der Waals surface area (Å²) in [5.41, 5.74) is 2.17. The molecule has 1 heterocycles. The minimum atomic E-state index is -0.916. The van der Waals surface area contributed by atoms with Gasteiger partial charge in [-0.3, -0.25) is 4.79 Å². The number of carbonyl (C=O) groups excluding carboxylic acids is 2. The van der Waals surface area contributed by atoms with E-state index in [0.717, 1.165) is 38.4 Å². The Bertz CT molecular complexity index is 802. The molecule has 28 heavy (non-hydrogen) atoms.